The van der Waals surface area contributed by atoms with Gasteiger partial charge in [-0.1, -0.05) is 19.9 Å². The minimum atomic E-state index is -0.550. The Morgan fingerprint density at radius 1 is 1.38 bits per heavy atom. The van der Waals surface area contributed by atoms with Crippen LogP contribution >= 0.6 is 0 Å². The summed E-state index contributed by atoms with van der Waals surface area (Å²) in [4.78, 5) is 23.9. The van der Waals surface area contributed by atoms with Crippen LogP contribution in [0.25, 0.3) is 0 Å². The van der Waals surface area contributed by atoms with Crippen LogP contribution in [-0.4, -0.2) is 18.1 Å². The Bertz CT molecular complexity index is 853. The molecule has 0 radical (unpaired) electrons. The van der Waals surface area contributed by atoms with Crippen LogP contribution < -0.4 is 15.5 Å². The number of rotatable bonds is 3. The number of nitrogens with one attached hydrogen (secondary N) is 1. The lowest BCUT2D eigenvalue weighted by Gasteiger charge is -2.18. The van der Waals surface area contributed by atoms with Gasteiger partial charge in [0.1, 0.15) is 6.26 Å². The fourth-order valence-electron chi connectivity index (χ4n) is 3.10. The van der Waals surface area contributed by atoms with E-state index in [-0.39, 0.29) is 16.9 Å². The molecule has 126 valence electrons. The molecule has 6 heteroatoms. The molecule has 2 aromatic rings. The van der Waals surface area contributed by atoms with Gasteiger partial charge in [0.2, 0.25) is 11.2 Å². The minimum absolute atomic E-state index is 0.0365. The van der Waals surface area contributed by atoms with Crippen molar-refractivity contribution in [2.75, 3.05) is 12.4 Å². The van der Waals surface area contributed by atoms with E-state index in [4.69, 9.17) is 9.15 Å². The van der Waals surface area contributed by atoms with E-state index in [9.17, 15) is 14.7 Å². The summed E-state index contributed by atoms with van der Waals surface area (Å²) >= 11 is 0. The summed E-state index contributed by atoms with van der Waals surface area (Å²) < 4.78 is 9.94. The second-order valence-corrected chi connectivity index (χ2v) is 6.54. The van der Waals surface area contributed by atoms with Gasteiger partial charge in [-0.2, -0.15) is 0 Å². The number of ether oxygens (including phenoxy) is 1. The third kappa shape index (κ3) is 2.80. The fraction of sp³-hybridized carbons (Fsp3) is 0.333. The van der Waals surface area contributed by atoms with E-state index in [1.54, 1.807) is 12.1 Å². The van der Waals surface area contributed by atoms with E-state index in [2.05, 4.69) is 19.2 Å². The van der Waals surface area contributed by atoms with E-state index in [1.807, 2.05) is 6.07 Å². The first-order valence-electron chi connectivity index (χ1n) is 7.62. The van der Waals surface area contributed by atoms with Crippen molar-refractivity contribution in [3.05, 3.63) is 57.6 Å². The summed E-state index contributed by atoms with van der Waals surface area (Å²) in [6.45, 7) is 4.15. The molecule has 6 nitrogen and oxygen atoms in total. The van der Waals surface area contributed by atoms with Gasteiger partial charge in [-0.15, -0.1) is 0 Å². The molecule has 2 N–H and O–H groups in total. The first-order valence-corrected chi connectivity index (χ1v) is 7.62. The van der Waals surface area contributed by atoms with Crippen LogP contribution in [-0.2, 0) is 5.41 Å². The molecule has 24 heavy (non-hydrogen) atoms. The highest BCUT2D eigenvalue weighted by atomic mass is 16.5. The molecule has 1 aromatic heterocycles. The predicted molar refractivity (Wildman–Crippen MR) is 88.5 cm³/mol. The van der Waals surface area contributed by atoms with Crippen LogP contribution in [0.3, 0.4) is 0 Å². The third-order valence-electron chi connectivity index (χ3n) is 4.34. The lowest BCUT2D eigenvalue weighted by Crippen LogP contribution is -2.16. The summed E-state index contributed by atoms with van der Waals surface area (Å²) in [6, 6.07) is 6.53. The van der Waals surface area contributed by atoms with E-state index < -0.39 is 17.4 Å². The third-order valence-corrected chi connectivity index (χ3v) is 4.34. The number of hydrogen-bond acceptors (Lipinski definition) is 5. The minimum Gasteiger partial charge on any atom is -0.490 e. The highest BCUT2D eigenvalue weighted by molar-refractivity contribution is 6.02. The molecule has 0 spiro atoms. The molecular formula is C18H19NO5. The molecule has 0 aliphatic heterocycles. The Kier molecular flexibility index (Phi) is 3.93. The number of hydrogen-bond donors (Lipinski definition) is 2. The maximum Gasteiger partial charge on any atom is 0.291 e. The van der Waals surface area contributed by atoms with Crippen LogP contribution in [0, 0.1) is 0 Å². The summed E-state index contributed by atoms with van der Waals surface area (Å²) in [5.41, 5.74) is 1.90. The van der Waals surface area contributed by atoms with Gasteiger partial charge in [-0.3, -0.25) is 9.59 Å². The number of carbonyl (C=O) groups excluding carboxylic acids is 1. The summed E-state index contributed by atoms with van der Waals surface area (Å²) in [5, 5.41) is 12.9. The molecule has 1 atom stereocenters. The standard InChI is InChI=1S/C18H19NO5/c1-18(2)8-14(21)11-6-10(4-5-12(11)18)19-17(22)15-7-13(20)16(23-3)9-24-15/h4-7,9,14,21H,8H2,1-3H3,(H,19,22). The largest absolute Gasteiger partial charge is 0.490 e. The van der Waals surface area contributed by atoms with Crippen molar-refractivity contribution in [2.24, 2.45) is 0 Å². The monoisotopic (exact) mass is 329 g/mol. The van der Waals surface area contributed by atoms with Gasteiger partial charge >= 0.3 is 0 Å². The lowest BCUT2D eigenvalue weighted by atomic mass is 9.86. The molecular weight excluding hydrogens is 310 g/mol. The Labute approximate surface area is 139 Å². The summed E-state index contributed by atoms with van der Waals surface area (Å²) in [5.74, 6) is -0.613. The van der Waals surface area contributed by atoms with Crippen molar-refractivity contribution in [3.63, 3.8) is 0 Å². The second-order valence-electron chi connectivity index (χ2n) is 6.54. The zero-order valence-corrected chi connectivity index (χ0v) is 13.8. The highest BCUT2D eigenvalue weighted by Gasteiger charge is 2.35. The van der Waals surface area contributed by atoms with Crippen molar-refractivity contribution in [1.29, 1.82) is 0 Å². The Morgan fingerprint density at radius 2 is 2.12 bits per heavy atom. The Balaban J connectivity index is 1.85. The normalized spacial score (nSPS) is 18.1. The van der Waals surface area contributed by atoms with Crippen LogP contribution in [0.2, 0.25) is 0 Å². The van der Waals surface area contributed by atoms with Gasteiger partial charge in [-0.25, -0.2) is 0 Å². The van der Waals surface area contributed by atoms with Crippen LogP contribution in [0.4, 0.5) is 5.69 Å². The van der Waals surface area contributed by atoms with Gasteiger partial charge in [0.15, 0.2) is 5.76 Å². The van der Waals surface area contributed by atoms with Crippen molar-refractivity contribution in [2.45, 2.75) is 31.8 Å². The average Bonchev–Trinajstić information content (AvgIpc) is 2.76. The average molecular weight is 329 g/mol. The van der Waals surface area contributed by atoms with Crippen LogP contribution in [0.1, 0.15) is 48.1 Å². The molecule has 0 saturated heterocycles. The maximum absolute atomic E-state index is 12.2. The molecule has 1 heterocycles. The number of fused-ring (bicyclic) bond motifs is 1. The smallest absolute Gasteiger partial charge is 0.291 e. The molecule has 1 aliphatic rings. The highest BCUT2D eigenvalue weighted by Crippen LogP contribution is 2.45. The Morgan fingerprint density at radius 3 is 2.79 bits per heavy atom. The molecule has 1 aliphatic carbocycles. The molecule has 1 aromatic carbocycles. The number of benzene rings is 1. The number of anilines is 1. The number of aliphatic hydroxyl groups is 1. The van der Waals surface area contributed by atoms with Gasteiger partial charge in [0.25, 0.3) is 5.91 Å². The van der Waals surface area contributed by atoms with E-state index in [1.165, 1.54) is 7.11 Å². The number of aliphatic hydroxyl groups excluding tert-OH is 1. The van der Waals surface area contributed by atoms with Gasteiger partial charge < -0.3 is 19.6 Å². The van der Waals surface area contributed by atoms with Crippen molar-refractivity contribution in [3.8, 4) is 5.75 Å². The number of carbonyl (C=O) groups is 1. The van der Waals surface area contributed by atoms with Crippen LogP contribution in [0.15, 0.2) is 39.7 Å². The molecule has 0 saturated carbocycles. The summed E-state index contributed by atoms with van der Waals surface area (Å²) in [7, 11) is 1.35. The van der Waals surface area contributed by atoms with E-state index in [0.29, 0.717) is 12.1 Å². The quantitative estimate of drug-likeness (QED) is 0.903. The molecule has 0 bridgehead atoms. The molecule has 3 rings (SSSR count). The van der Waals surface area contributed by atoms with Gasteiger partial charge in [0.05, 0.1) is 13.2 Å². The zero-order valence-electron chi connectivity index (χ0n) is 13.8. The van der Waals surface area contributed by atoms with Gasteiger partial charge in [-0.05, 0) is 35.1 Å². The summed E-state index contributed by atoms with van der Waals surface area (Å²) in [6.07, 6.45) is 1.20. The number of methoxy groups -OCH3 is 1. The first kappa shape index (κ1) is 16.3. The van der Waals surface area contributed by atoms with Crippen molar-refractivity contribution in [1.82, 2.24) is 0 Å². The second kappa shape index (κ2) is 5.79. The van der Waals surface area contributed by atoms with Gasteiger partial charge in [0, 0.05) is 11.8 Å². The molecule has 1 amide bonds. The van der Waals surface area contributed by atoms with E-state index in [0.717, 1.165) is 23.5 Å². The maximum atomic E-state index is 12.2. The first-order chi connectivity index (χ1) is 11.3. The number of amides is 1. The van der Waals surface area contributed by atoms with Crippen LogP contribution in [0.5, 0.6) is 5.75 Å². The van der Waals surface area contributed by atoms with Crippen molar-refractivity contribution < 1.29 is 19.1 Å². The fourth-order valence-corrected chi connectivity index (χ4v) is 3.10. The Hall–Kier alpha value is -2.60. The molecule has 1 unspecified atom stereocenters. The lowest BCUT2D eigenvalue weighted by molar-refractivity contribution is 0.0993. The van der Waals surface area contributed by atoms with E-state index >= 15 is 0 Å². The SMILES string of the molecule is COc1coc(C(=O)Nc2ccc3c(c2)C(O)CC3(C)C)cc1=O. The topological polar surface area (TPSA) is 88.8 Å². The van der Waals surface area contributed by atoms with Crippen molar-refractivity contribution >= 4 is 11.6 Å². The zero-order chi connectivity index (χ0) is 17.5. The predicted octanol–water partition coefficient (Wildman–Crippen LogP) is 2.62. The molecule has 0 fully saturated rings.